The van der Waals surface area contributed by atoms with Crippen LogP contribution in [0.2, 0.25) is 0 Å². The van der Waals surface area contributed by atoms with Gasteiger partial charge in [0, 0.05) is 63.1 Å². The number of anilines is 2. The van der Waals surface area contributed by atoms with Crippen molar-refractivity contribution in [1.82, 2.24) is 19.6 Å². The van der Waals surface area contributed by atoms with Crippen molar-refractivity contribution in [2.24, 2.45) is 0 Å². The lowest BCUT2D eigenvalue weighted by Gasteiger charge is -2.45. The molecular formula is C30H41F3N6O3. The van der Waals surface area contributed by atoms with E-state index in [1.807, 2.05) is 13.8 Å². The van der Waals surface area contributed by atoms with Gasteiger partial charge in [0.1, 0.15) is 0 Å². The van der Waals surface area contributed by atoms with Crippen molar-refractivity contribution in [3.63, 3.8) is 0 Å². The molecule has 2 amide bonds. The summed E-state index contributed by atoms with van der Waals surface area (Å²) in [6.45, 7) is 9.20. The lowest BCUT2D eigenvalue weighted by Crippen LogP contribution is -2.53. The Morgan fingerprint density at radius 2 is 1.74 bits per heavy atom. The number of alkyl halides is 3. The van der Waals surface area contributed by atoms with E-state index in [9.17, 15) is 22.8 Å². The molecule has 42 heavy (non-hydrogen) atoms. The number of piperidine rings is 1. The summed E-state index contributed by atoms with van der Waals surface area (Å²) in [7, 11) is 0. The number of fused-ring (bicyclic) bond motifs is 2. The average molecular weight is 591 g/mol. The smallest absolute Gasteiger partial charge is 0.371 e. The number of hydrogen-bond donors (Lipinski definition) is 1. The topological polar surface area (TPSA) is 82.9 Å². The molecule has 1 aromatic heterocycles. The van der Waals surface area contributed by atoms with Gasteiger partial charge in [0.2, 0.25) is 5.91 Å². The number of benzene rings is 1. The van der Waals surface area contributed by atoms with Crippen molar-refractivity contribution >= 4 is 23.4 Å². The fraction of sp³-hybridized carbons (Fsp3) is 0.633. The maximum atomic E-state index is 13.7. The Labute approximate surface area is 245 Å². The third kappa shape index (κ3) is 6.29. The lowest BCUT2D eigenvalue weighted by molar-refractivity contribution is -0.137. The van der Waals surface area contributed by atoms with Gasteiger partial charge in [0.15, 0.2) is 5.82 Å². The van der Waals surface area contributed by atoms with Gasteiger partial charge in [-0.3, -0.25) is 9.69 Å². The molecule has 1 N–H and O–H groups in total. The number of nitrogens with zero attached hydrogens (tertiary/aromatic N) is 5. The Bertz CT molecular complexity index is 1260. The number of carbonyl (C=O) groups excluding carboxylic acids is 2. The van der Waals surface area contributed by atoms with Crippen LogP contribution in [0.1, 0.15) is 70.4 Å². The van der Waals surface area contributed by atoms with Crippen molar-refractivity contribution < 1.29 is 27.5 Å². The number of likely N-dealkylation sites (tertiary alicyclic amines) is 2. The van der Waals surface area contributed by atoms with Crippen LogP contribution in [-0.2, 0) is 22.3 Å². The number of halogens is 3. The maximum absolute atomic E-state index is 13.7. The van der Waals surface area contributed by atoms with Crippen LogP contribution < -0.4 is 10.2 Å². The van der Waals surface area contributed by atoms with E-state index in [-0.39, 0.29) is 29.7 Å². The van der Waals surface area contributed by atoms with Crippen molar-refractivity contribution in [3.8, 4) is 0 Å². The molecule has 2 aromatic rings. The van der Waals surface area contributed by atoms with Crippen LogP contribution in [0.15, 0.2) is 30.5 Å². The van der Waals surface area contributed by atoms with Crippen molar-refractivity contribution in [2.45, 2.75) is 89.8 Å². The zero-order valence-electron chi connectivity index (χ0n) is 24.6. The minimum atomic E-state index is -4.40. The summed E-state index contributed by atoms with van der Waals surface area (Å²) in [4.78, 5) is 30.6. The third-order valence-electron chi connectivity index (χ3n) is 8.95. The first-order valence-electron chi connectivity index (χ1n) is 15.1. The molecule has 6 rings (SSSR count). The van der Waals surface area contributed by atoms with Gasteiger partial charge in [0.05, 0.1) is 17.8 Å². The maximum Gasteiger partial charge on any atom is 0.416 e. The van der Waals surface area contributed by atoms with E-state index >= 15 is 0 Å². The summed E-state index contributed by atoms with van der Waals surface area (Å²) in [5.74, 6) is 0.0769. The zero-order chi connectivity index (χ0) is 30.1. The lowest BCUT2D eigenvalue weighted by atomic mass is 9.84. The first-order chi connectivity index (χ1) is 20.1. The third-order valence-corrected chi connectivity index (χ3v) is 8.95. The summed E-state index contributed by atoms with van der Waals surface area (Å²) in [5, 5.41) is 6.75. The summed E-state index contributed by atoms with van der Waals surface area (Å²) >= 11 is 0. The van der Waals surface area contributed by atoms with Gasteiger partial charge >= 0.3 is 12.2 Å². The van der Waals surface area contributed by atoms with Crippen molar-refractivity contribution in [2.75, 3.05) is 42.9 Å². The number of nitrogens with one attached hydrogen (secondary N) is 1. The monoisotopic (exact) mass is 590 g/mol. The van der Waals surface area contributed by atoms with E-state index in [1.54, 1.807) is 23.2 Å². The number of carbonyl (C=O) groups is 2. The largest absolute Gasteiger partial charge is 0.416 e. The van der Waals surface area contributed by atoms with E-state index in [1.165, 1.54) is 23.7 Å². The number of ether oxygens (including phenoxy) is 1. The highest BCUT2D eigenvalue weighted by molar-refractivity contribution is 5.88. The normalized spacial score (nSPS) is 23.6. The second kappa shape index (κ2) is 12.2. The molecule has 5 heterocycles. The average Bonchev–Trinajstić information content (AvgIpc) is 3.68. The van der Waals surface area contributed by atoms with Gasteiger partial charge in [-0.05, 0) is 62.8 Å². The molecule has 4 fully saturated rings. The number of morpholine rings is 1. The molecule has 9 nitrogen and oxygen atoms in total. The Kier molecular flexibility index (Phi) is 8.84. The Hall–Kier alpha value is -3.12. The predicted molar refractivity (Wildman–Crippen MR) is 153 cm³/mol. The van der Waals surface area contributed by atoms with Crippen LogP contribution >= 0.6 is 0 Å². The summed E-state index contributed by atoms with van der Waals surface area (Å²) in [5.41, 5.74) is 0.870. The zero-order valence-corrected chi connectivity index (χ0v) is 24.6. The highest BCUT2D eigenvalue weighted by Crippen LogP contribution is 2.42. The number of rotatable bonds is 4. The second-order valence-electron chi connectivity index (χ2n) is 11.5. The van der Waals surface area contributed by atoms with Gasteiger partial charge in [0.25, 0.3) is 0 Å². The first kappa shape index (κ1) is 30.3. The second-order valence-corrected chi connectivity index (χ2v) is 11.5. The minimum absolute atomic E-state index is 0.0743. The summed E-state index contributed by atoms with van der Waals surface area (Å²) < 4.78 is 48.3. The van der Waals surface area contributed by atoms with Gasteiger partial charge < -0.3 is 19.9 Å². The van der Waals surface area contributed by atoms with Crippen LogP contribution in [0.5, 0.6) is 0 Å². The highest BCUT2D eigenvalue weighted by Gasteiger charge is 2.45. The summed E-state index contributed by atoms with van der Waals surface area (Å²) in [6, 6.07) is 5.54. The molecule has 0 radical (unpaired) electrons. The molecule has 2 atom stereocenters. The van der Waals surface area contributed by atoms with Gasteiger partial charge in [-0.2, -0.15) is 17.9 Å². The standard InChI is InChI=1S/C28H35F3N6O3.C2H6/c1-19(38)32-25-7-12-37(33-25)26(39)34-13-9-27(10-14-34)8-2-11-36(27)16-20-3-4-21(28(29,30)31)15-24(20)35-17-22-5-6-23(18-35)40-22;1-2/h3-4,7,12,15,22-23H,2,5-6,8-11,13-14,16-18H2,1H3,(H,32,33,38);1-2H3. The summed E-state index contributed by atoms with van der Waals surface area (Å²) in [6.07, 6.45) is 2.79. The van der Waals surface area contributed by atoms with Crippen LogP contribution in [0.4, 0.5) is 29.5 Å². The Morgan fingerprint density at radius 1 is 1.05 bits per heavy atom. The number of hydrogen-bond acceptors (Lipinski definition) is 6. The molecule has 2 unspecified atom stereocenters. The molecule has 4 aliphatic heterocycles. The van der Waals surface area contributed by atoms with E-state index in [0.29, 0.717) is 44.2 Å². The Morgan fingerprint density at radius 3 is 2.38 bits per heavy atom. The molecule has 1 aromatic carbocycles. The minimum Gasteiger partial charge on any atom is -0.371 e. The molecule has 0 saturated carbocycles. The number of aromatic nitrogens is 2. The SMILES string of the molecule is CC.CC(=O)Nc1ccn(C(=O)N2CCC3(CCCN3Cc3ccc(C(F)(F)F)cc3N3CC4CCC(C3)O4)CC2)n1. The molecule has 12 heteroatoms. The molecular weight excluding hydrogens is 549 g/mol. The van der Waals surface area contributed by atoms with E-state index in [2.05, 4.69) is 20.2 Å². The van der Waals surface area contributed by atoms with E-state index < -0.39 is 11.7 Å². The molecule has 2 bridgehead atoms. The van der Waals surface area contributed by atoms with Crippen LogP contribution in [0.25, 0.3) is 0 Å². The first-order valence-corrected chi connectivity index (χ1v) is 15.1. The molecule has 0 aliphatic carbocycles. The van der Waals surface area contributed by atoms with Crippen LogP contribution in [0.3, 0.4) is 0 Å². The molecule has 1 spiro atoms. The van der Waals surface area contributed by atoms with Gasteiger partial charge in [-0.1, -0.05) is 19.9 Å². The fourth-order valence-electron chi connectivity index (χ4n) is 6.93. The molecule has 4 saturated heterocycles. The van der Waals surface area contributed by atoms with Gasteiger partial charge in [-0.15, -0.1) is 5.10 Å². The predicted octanol–water partition coefficient (Wildman–Crippen LogP) is 5.35. The van der Waals surface area contributed by atoms with Crippen LogP contribution in [-0.4, -0.2) is 82.0 Å². The van der Waals surface area contributed by atoms with E-state index in [4.69, 9.17) is 4.74 Å². The molecule has 4 aliphatic rings. The number of amides is 2. The van der Waals surface area contributed by atoms with Crippen LogP contribution in [0, 0.1) is 0 Å². The quantitative estimate of drug-likeness (QED) is 0.517. The van der Waals surface area contributed by atoms with E-state index in [0.717, 1.165) is 50.6 Å². The fourth-order valence-corrected chi connectivity index (χ4v) is 6.93. The molecule has 230 valence electrons. The van der Waals surface area contributed by atoms with Crippen molar-refractivity contribution in [1.29, 1.82) is 0 Å². The Balaban J connectivity index is 0.00000173. The van der Waals surface area contributed by atoms with Gasteiger partial charge in [-0.25, -0.2) is 4.79 Å². The highest BCUT2D eigenvalue weighted by atomic mass is 19.4. The van der Waals surface area contributed by atoms with Crippen molar-refractivity contribution in [3.05, 3.63) is 41.6 Å².